The molecule has 2 aliphatic rings. The number of hydrogen-bond acceptors (Lipinski definition) is 3. The van der Waals surface area contributed by atoms with Crippen LogP contribution in [0.1, 0.15) is 39.9 Å². The van der Waals surface area contributed by atoms with Crippen LogP contribution in [0.2, 0.25) is 0 Å². The highest BCUT2D eigenvalue weighted by Gasteiger charge is 2.51. The predicted molar refractivity (Wildman–Crippen MR) is 109 cm³/mol. The highest BCUT2D eigenvalue weighted by Crippen LogP contribution is 2.39. The van der Waals surface area contributed by atoms with Crippen molar-refractivity contribution < 1.29 is 18.7 Å². The maximum absolute atomic E-state index is 13.2. The van der Waals surface area contributed by atoms with E-state index in [1.807, 2.05) is 36.9 Å². The summed E-state index contributed by atoms with van der Waals surface area (Å²) in [6.45, 7) is 7.14. The number of amides is 1. The summed E-state index contributed by atoms with van der Waals surface area (Å²) < 4.78 is 25.0. The Balaban J connectivity index is 1.21. The fourth-order valence-electron chi connectivity index (χ4n) is 4.48. The van der Waals surface area contributed by atoms with Gasteiger partial charge in [-0.15, -0.1) is 0 Å². The number of ether oxygens (including phenoxy) is 2. The zero-order chi connectivity index (χ0) is 20.4. The molecule has 2 aromatic carbocycles. The van der Waals surface area contributed by atoms with Crippen molar-refractivity contribution in [2.45, 2.75) is 38.9 Å². The molecular formula is C24H28FNO3. The third-order valence-corrected chi connectivity index (χ3v) is 5.83. The van der Waals surface area contributed by atoms with E-state index in [-0.39, 0.29) is 17.3 Å². The lowest BCUT2D eigenvalue weighted by Gasteiger charge is -2.47. The Bertz CT molecular complexity index is 871. The Labute approximate surface area is 171 Å². The van der Waals surface area contributed by atoms with Gasteiger partial charge in [-0.3, -0.25) is 4.79 Å². The Kier molecular flexibility index (Phi) is 5.70. The number of aryl methyl sites for hydroxylation is 2. The zero-order valence-electron chi connectivity index (χ0n) is 17.1. The monoisotopic (exact) mass is 397 g/mol. The van der Waals surface area contributed by atoms with Gasteiger partial charge in [-0.1, -0.05) is 29.3 Å². The number of benzene rings is 2. The van der Waals surface area contributed by atoms with Crippen molar-refractivity contribution in [1.29, 1.82) is 0 Å². The van der Waals surface area contributed by atoms with Gasteiger partial charge in [0.1, 0.15) is 11.4 Å². The number of hydrogen-bond donors (Lipinski definition) is 0. The first-order chi connectivity index (χ1) is 13.9. The van der Waals surface area contributed by atoms with Gasteiger partial charge < -0.3 is 14.4 Å². The van der Waals surface area contributed by atoms with Crippen LogP contribution < -0.4 is 0 Å². The SMILES string of the molecule is Cc1cc(C)cc(C(=O)N2CC3(CC(CCOCc4cccc(F)c4)CO3)C2)c1. The maximum Gasteiger partial charge on any atom is 0.254 e. The van der Waals surface area contributed by atoms with Gasteiger partial charge in [-0.25, -0.2) is 4.39 Å². The fourth-order valence-corrected chi connectivity index (χ4v) is 4.48. The van der Waals surface area contributed by atoms with E-state index in [4.69, 9.17) is 9.47 Å². The fraction of sp³-hybridized carbons (Fsp3) is 0.458. The minimum absolute atomic E-state index is 0.0906. The van der Waals surface area contributed by atoms with E-state index >= 15 is 0 Å². The number of halogens is 1. The molecule has 1 unspecified atom stereocenters. The summed E-state index contributed by atoms with van der Waals surface area (Å²) >= 11 is 0. The summed E-state index contributed by atoms with van der Waals surface area (Å²) in [7, 11) is 0. The highest BCUT2D eigenvalue weighted by molar-refractivity contribution is 5.95. The third-order valence-electron chi connectivity index (χ3n) is 5.83. The van der Waals surface area contributed by atoms with Crippen LogP contribution in [0.15, 0.2) is 42.5 Å². The Morgan fingerprint density at radius 2 is 1.97 bits per heavy atom. The van der Waals surface area contributed by atoms with Crippen molar-refractivity contribution in [2.75, 3.05) is 26.3 Å². The van der Waals surface area contributed by atoms with Crippen molar-refractivity contribution in [2.24, 2.45) is 5.92 Å². The van der Waals surface area contributed by atoms with E-state index in [1.54, 1.807) is 6.07 Å². The molecule has 0 saturated carbocycles. The minimum atomic E-state index is -0.234. The van der Waals surface area contributed by atoms with Gasteiger partial charge in [0.2, 0.25) is 0 Å². The molecule has 4 rings (SSSR count). The molecule has 29 heavy (non-hydrogen) atoms. The topological polar surface area (TPSA) is 38.8 Å². The van der Waals surface area contributed by atoms with Crippen LogP contribution in [-0.2, 0) is 16.1 Å². The van der Waals surface area contributed by atoms with Gasteiger partial charge >= 0.3 is 0 Å². The molecule has 1 amide bonds. The van der Waals surface area contributed by atoms with Crippen LogP contribution in [0, 0.1) is 25.6 Å². The summed E-state index contributed by atoms with van der Waals surface area (Å²) in [4.78, 5) is 14.6. The van der Waals surface area contributed by atoms with E-state index in [0.717, 1.165) is 41.7 Å². The van der Waals surface area contributed by atoms with Crippen LogP contribution in [0.25, 0.3) is 0 Å². The molecule has 1 spiro atoms. The average Bonchev–Trinajstić information content (AvgIpc) is 3.07. The van der Waals surface area contributed by atoms with Gasteiger partial charge in [0.15, 0.2) is 0 Å². The molecule has 2 heterocycles. The molecule has 5 heteroatoms. The van der Waals surface area contributed by atoms with E-state index in [1.165, 1.54) is 12.1 Å². The second-order valence-electron chi connectivity index (χ2n) is 8.57. The summed E-state index contributed by atoms with van der Waals surface area (Å²) in [6.07, 6.45) is 1.88. The van der Waals surface area contributed by atoms with E-state index in [9.17, 15) is 9.18 Å². The number of carbonyl (C=O) groups is 1. The molecule has 0 N–H and O–H groups in total. The molecule has 154 valence electrons. The van der Waals surface area contributed by atoms with Crippen LogP contribution >= 0.6 is 0 Å². The van der Waals surface area contributed by atoms with Crippen LogP contribution in [0.5, 0.6) is 0 Å². The number of carbonyl (C=O) groups excluding carboxylic acids is 1. The van der Waals surface area contributed by atoms with Gasteiger partial charge in [-0.2, -0.15) is 0 Å². The first-order valence-electron chi connectivity index (χ1n) is 10.3. The highest BCUT2D eigenvalue weighted by atomic mass is 19.1. The van der Waals surface area contributed by atoms with Gasteiger partial charge in [-0.05, 0) is 62.4 Å². The van der Waals surface area contributed by atoms with Crippen molar-refractivity contribution in [3.8, 4) is 0 Å². The molecule has 0 aromatic heterocycles. The van der Waals surface area contributed by atoms with Crippen molar-refractivity contribution >= 4 is 5.91 Å². The van der Waals surface area contributed by atoms with Gasteiger partial charge in [0.25, 0.3) is 5.91 Å². The van der Waals surface area contributed by atoms with Crippen LogP contribution in [0.4, 0.5) is 4.39 Å². The van der Waals surface area contributed by atoms with Crippen LogP contribution in [0.3, 0.4) is 0 Å². The lowest BCUT2D eigenvalue weighted by molar-refractivity contribution is -0.0950. The van der Waals surface area contributed by atoms with E-state index < -0.39 is 0 Å². The Morgan fingerprint density at radius 1 is 1.21 bits per heavy atom. The number of likely N-dealkylation sites (tertiary alicyclic amines) is 1. The second-order valence-corrected chi connectivity index (χ2v) is 8.57. The Hall–Kier alpha value is -2.24. The summed E-state index contributed by atoms with van der Waals surface area (Å²) in [5.74, 6) is 0.302. The van der Waals surface area contributed by atoms with Crippen molar-refractivity contribution in [3.63, 3.8) is 0 Å². The number of nitrogens with zero attached hydrogens (tertiary/aromatic N) is 1. The van der Waals surface area contributed by atoms with Crippen molar-refractivity contribution in [3.05, 3.63) is 70.5 Å². The smallest absolute Gasteiger partial charge is 0.254 e. The predicted octanol–water partition coefficient (Wildman–Crippen LogP) is 4.28. The first-order valence-corrected chi connectivity index (χ1v) is 10.3. The second kappa shape index (κ2) is 8.25. The quantitative estimate of drug-likeness (QED) is 0.683. The standard InChI is InChI=1S/C24H28FNO3/c1-17-8-18(2)10-21(9-17)23(27)26-15-24(16-26)12-20(14-29-24)6-7-28-13-19-4-3-5-22(25)11-19/h3-5,8-11,20H,6-7,12-16H2,1-2H3. The van der Waals surface area contributed by atoms with E-state index in [2.05, 4.69) is 6.07 Å². The molecule has 0 bridgehead atoms. The summed E-state index contributed by atoms with van der Waals surface area (Å²) in [6, 6.07) is 12.5. The molecule has 2 fully saturated rings. The molecule has 4 nitrogen and oxygen atoms in total. The largest absolute Gasteiger partial charge is 0.377 e. The molecule has 2 aromatic rings. The summed E-state index contributed by atoms with van der Waals surface area (Å²) in [5.41, 5.74) is 3.65. The Morgan fingerprint density at radius 3 is 2.69 bits per heavy atom. The first kappa shape index (κ1) is 20.0. The zero-order valence-corrected chi connectivity index (χ0v) is 17.1. The van der Waals surface area contributed by atoms with E-state index in [0.29, 0.717) is 32.2 Å². The van der Waals surface area contributed by atoms with Gasteiger partial charge in [0.05, 0.1) is 26.3 Å². The molecule has 1 atom stereocenters. The molecule has 2 aliphatic heterocycles. The molecular weight excluding hydrogens is 369 g/mol. The lowest BCUT2D eigenvalue weighted by atomic mass is 9.85. The van der Waals surface area contributed by atoms with Crippen LogP contribution in [-0.4, -0.2) is 42.7 Å². The molecule has 2 saturated heterocycles. The normalized spacial score (nSPS) is 20.1. The average molecular weight is 397 g/mol. The molecule has 0 aliphatic carbocycles. The maximum atomic E-state index is 13.2. The summed E-state index contributed by atoms with van der Waals surface area (Å²) in [5, 5.41) is 0. The minimum Gasteiger partial charge on any atom is -0.377 e. The van der Waals surface area contributed by atoms with Crippen molar-refractivity contribution in [1.82, 2.24) is 4.90 Å². The number of rotatable bonds is 6. The molecule has 0 radical (unpaired) electrons. The lowest BCUT2D eigenvalue weighted by Crippen LogP contribution is -2.63. The van der Waals surface area contributed by atoms with Gasteiger partial charge in [0, 0.05) is 12.2 Å². The third kappa shape index (κ3) is 4.68.